The molecule has 5 nitrogen and oxygen atoms in total. The van der Waals surface area contributed by atoms with E-state index in [0.29, 0.717) is 25.5 Å². The lowest BCUT2D eigenvalue weighted by atomic mass is 10.1. The summed E-state index contributed by atoms with van der Waals surface area (Å²) in [6.45, 7) is 5.26. The van der Waals surface area contributed by atoms with Crippen LogP contribution in [0.4, 0.5) is 4.39 Å². The van der Waals surface area contributed by atoms with E-state index in [-0.39, 0.29) is 24.2 Å². The summed E-state index contributed by atoms with van der Waals surface area (Å²) in [6, 6.07) is 7.92. The van der Waals surface area contributed by atoms with Crippen molar-refractivity contribution in [2.75, 3.05) is 19.7 Å². The Morgan fingerprint density at radius 3 is 2.75 bits per heavy atom. The highest BCUT2D eigenvalue weighted by molar-refractivity contribution is 5.78. The Morgan fingerprint density at radius 2 is 2.04 bits per heavy atom. The summed E-state index contributed by atoms with van der Waals surface area (Å²) >= 11 is 0. The van der Waals surface area contributed by atoms with Crippen LogP contribution in [0.15, 0.2) is 30.3 Å². The molecule has 1 aromatic heterocycles. The molecule has 1 fully saturated rings. The first kappa shape index (κ1) is 16.5. The highest BCUT2D eigenvalue weighted by Gasteiger charge is 2.26. The molecule has 0 bridgehead atoms. The predicted molar refractivity (Wildman–Crippen MR) is 86.9 cm³/mol. The van der Waals surface area contributed by atoms with Gasteiger partial charge in [0.2, 0.25) is 5.91 Å². The van der Waals surface area contributed by atoms with Gasteiger partial charge in [0, 0.05) is 12.2 Å². The van der Waals surface area contributed by atoms with Crippen LogP contribution in [0.3, 0.4) is 0 Å². The van der Waals surface area contributed by atoms with Crippen molar-refractivity contribution in [2.24, 2.45) is 0 Å². The molecular weight excluding hydrogens is 309 g/mol. The molecule has 1 atom stereocenters. The zero-order chi connectivity index (χ0) is 17.1. The predicted octanol–water partition coefficient (Wildman–Crippen LogP) is 2.38. The summed E-state index contributed by atoms with van der Waals surface area (Å²) in [7, 11) is 0. The maximum absolute atomic E-state index is 13.0. The summed E-state index contributed by atoms with van der Waals surface area (Å²) in [6.07, 6.45) is 0.0192. The Labute approximate surface area is 140 Å². The van der Waals surface area contributed by atoms with Crippen molar-refractivity contribution in [3.8, 4) is 0 Å². The lowest BCUT2D eigenvalue weighted by Crippen LogP contribution is -2.43. The van der Waals surface area contributed by atoms with Crippen molar-refractivity contribution >= 4 is 5.91 Å². The number of hydrogen-bond donors (Lipinski definition) is 0. The number of benzene rings is 1. The third-order valence-electron chi connectivity index (χ3n) is 4.00. The van der Waals surface area contributed by atoms with Crippen molar-refractivity contribution in [3.05, 3.63) is 58.9 Å². The van der Waals surface area contributed by atoms with Crippen molar-refractivity contribution in [2.45, 2.75) is 26.4 Å². The normalized spacial score (nSPS) is 17.8. The van der Waals surface area contributed by atoms with Gasteiger partial charge in [-0.15, -0.1) is 0 Å². The maximum atomic E-state index is 13.0. The van der Waals surface area contributed by atoms with E-state index in [9.17, 15) is 9.18 Å². The Morgan fingerprint density at radius 1 is 1.29 bits per heavy atom. The second-order valence-electron chi connectivity index (χ2n) is 5.98. The van der Waals surface area contributed by atoms with Gasteiger partial charge in [0.1, 0.15) is 17.7 Å². The van der Waals surface area contributed by atoms with E-state index >= 15 is 0 Å². The first-order chi connectivity index (χ1) is 11.5. The molecule has 24 heavy (non-hydrogen) atoms. The average Bonchev–Trinajstić information content (AvgIpc) is 2.56. The minimum absolute atomic E-state index is 0.0115. The van der Waals surface area contributed by atoms with Crippen LogP contribution in [-0.4, -0.2) is 40.5 Å². The zero-order valence-corrected chi connectivity index (χ0v) is 13.8. The fraction of sp³-hybridized carbons (Fsp3) is 0.389. The van der Waals surface area contributed by atoms with Gasteiger partial charge in [-0.05, 0) is 37.6 Å². The Balaban J connectivity index is 1.68. The quantitative estimate of drug-likeness (QED) is 0.867. The van der Waals surface area contributed by atoms with Crippen molar-refractivity contribution in [1.29, 1.82) is 0 Å². The second-order valence-corrected chi connectivity index (χ2v) is 5.98. The molecule has 2 heterocycles. The van der Waals surface area contributed by atoms with E-state index in [2.05, 4.69) is 9.97 Å². The van der Waals surface area contributed by atoms with Crippen LogP contribution in [-0.2, 0) is 16.0 Å². The van der Waals surface area contributed by atoms with Crippen LogP contribution >= 0.6 is 0 Å². The number of aryl methyl sites for hydroxylation is 2. The Bertz CT molecular complexity index is 713. The molecule has 3 rings (SSSR count). The van der Waals surface area contributed by atoms with Gasteiger partial charge in [0.15, 0.2) is 0 Å². The molecule has 6 heteroatoms. The van der Waals surface area contributed by atoms with Crippen molar-refractivity contribution < 1.29 is 13.9 Å². The molecule has 1 amide bonds. The van der Waals surface area contributed by atoms with E-state index in [0.717, 1.165) is 17.0 Å². The highest BCUT2D eigenvalue weighted by atomic mass is 19.1. The lowest BCUT2D eigenvalue weighted by Gasteiger charge is -2.33. The van der Waals surface area contributed by atoms with Gasteiger partial charge in [0.05, 0.1) is 25.3 Å². The van der Waals surface area contributed by atoms with E-state index in [1.807, 2.05) is 19.9 Å². The molecule has 0 radical (unpaired) electrons. The number of hydrogen-bond acceptors (Lipinski definition) is 4. The van der Waals surface area contributed by atoms with Crippen LogP contribution in [0.1, 0.15) is 28.9 Å². The minimum atomic E-state index is -0.299. The minimum Gasteiger partial charge on any atom is -0.368 e. The average molecular weight is 329 g/mol. The number of halogens is 1. The third-order valence-corrected chi connectivity index (χ3v) is 4.00. The molecular formula is C18H20FN3O2. The standard InChI is InChI=1S/C18H20FN3O2/c1-12-9-16(21-13(2)20-12)17-11-22(7-8-24-17)18(23)10-14-3-5-15(19)6-4-14/h3-6,9,17H,7-8,10-11H2,1-2H3/t17-/m0/s1. The van der Waals surface area contributed by atoms with E-state index in [1.165, 1.54) is 12.1 Å². The second kappa shape index (κ2) is 7.05. The summed E-state index contributed by atoms with van der Waals surface area (Å²) in [4.78, 5) is 23.0. The van der Waals surface area contributed by atoms with Crippen LogP contribution in [0.2, 0.25) is 0 Å². The van der Waals surface area contributed by atoms with Crippen LogP contribution in [0.25, 0.3) is 0 Å². The molecule has 1 saturated heterocycles. The highest BCUT2D eigenvalue weighted by Crippen LogP contribution is 2.22. The molecule has 1 aromatic carbocycles. The summed E-state index contributed by atoms with van der Waals surface area (Å²) in [5.74, 6) is 0.410. The van der Waals surface area contributed by atoms with Gasteiger partial charge in [0.25, 0.3) is 0 Å². The van der Waals surface area contributed by atoms with Crippen LogP contribution in [0.5, 0.6) is 0 Å². The number of amides is 1. The van der Waals surface area contributed by atoms with E-state index < -0.39 is 0 Å². The molecule has 1 aliphatic heterocycles. The number of carbonyl (C=O) groups excluding carboxylic acids is 1. The topological polar surface area (TPSA) is 55.3 Å². The number of ether oxygens (including phenoxy) is 1. The SMILES string of the molecule is Cc1cc([C@@H]2CN(C(=O)Cc3ccc(F)cc3)CCO2)nc(C)n1. The molecule has 0 aliphatic carbocycles. The van der Waals surface area contributed by atoms with E-state index in [4.69, 9.17) is 4.74 Å². The Hall–Kier alpha value is -2.34. The van der Waals surface area contributed by atoms with Gasteiger partial charge in [-0.2, -0.15) is 0 Å². The summed E-state index contributed by atoms with van der Waals surface area (Å²) in [5.41, 5.74) is 2.49. The third kappa shape index (κ3) is 3.94. The molecule has 0 unspecified atom stereocenters. The van der Waals surface area contributed by atoms with Crippen molar-refractivity contribution in [3.63, 3.8) is 0 Å². The van der Waals surface area contributed by atoms with Gasteiger partial charge < -0.3 is 9.64 Å². The zero-order valence-electron chi connectivity index (χ0n) is 13.8. The van der Waals surface area contributed by atoms with Gasteiger partial charge in [-0.3, -0.25) is 4.79 Å². The molecule has 2 aromatic rings. The molecule has 0 N–H and O–H groups in total. The number of nitrogens with zero attached hydrogens (tertiary/aromatic N) is 3. The summed E-state index contributed by atoms with van der Waals surface area (Å²) < 4.78 is 18.7. The first-order valence-corrected chi connectivity index (χ1v) is 7.97. The largest absolute Gasteiger partial charge is 0.368 e. The molecule has 126 valence electrons. The van der Waals surface area contributed by atoms with Gasteiger partial charge >= 0.3 is 0 Å². The van der Waals surface area contributed by atoms with Crippen LogP contribution < -0.4 is 0 Å². The first-order valence-electron chi connectivity index (χ1n) is 7.97. The molecule has 1 aliphatic rings. The number of carbonyl (C=O) groups is 1. The fourth-order valence-electron chi connectivity index (χ4n) is 2.85. The monoisotopic (exact) mass is 329 g/mol. The van der Waals surface area contributed by atoms with Crippen LogP contribution in [0, 0.1) is 19.7 Å². The van der Waals surface area contributed by atoms with Gasteiger partial charge in [-0.1, -0.05) is 12.1 Å². The summed E-state index contributed by atoms with van der Waals surface area (Å²) in [5, 5.41) is 0. The molecule has 0 spiro atoms. The molecule has 0 saturated carbocycles. The number of rotatable bonds is 3. The number of aromatic nitrogens is 2. The number of morpholine rings is 1. The Kier molecular flexibility index (Phi) is 4.85. The fourth-order valence-corrected chi connectivity index (χ4v) is 2.85. The maximum Gasteiger partial charge on any atom is 0.227 e. The van der Waals surface area contributed by atoms with E-state index in [1.54, 1.807) is 17.0 Å². The lowest BCUT2D eigenvalue weighted by molar-refractivity contribution is -0.138. The van der Waals surface area contributed by atoms with Crippen molar-refractivity contribution in [1.82, 2.24) is 14.9 Å². The van der Waals surface area contributed by atoms with Gasteiger partial charge in [-0.25, -0.2) is 14.4 Å². The smallest absolute Gasteiger partial charge is 0.227 e.